The fourth-order valence-electron chi connectivity index (χ4n) is 4.85. The van der Waals surface area contributed by atoms with Crippen LogP contribution in [0.1, 0.15) is 50.0 Å². The Morgan fingerprint density at radius 1 is 0.912 bits per heavy atom. The zero-order chi connectivity index (χ0) is 23.7. The smallest absolute Gasteiger partial charge is 0.262 e. The van der Waals surface area contributed by atoms with E-state index >= 15 is 0 Å². The minimum atomic E-state index is -0.533. The summed E-state index contributed by atoms with van der Waals surface area (Å²) >= 11 is 5.90. The Labute approximate surface area is 202 Å². The van der Waals surface area contributed by atoms with E-state index in [2.05, 4.69) is 5.32 Å². The fraction of sp³-hybridized carbons (Fsp3) is 0.296. The van der Waals surface area contributed by atoms with Crippen LogP contribution in [0.3, 0.4) is 0 Å². The molecule has 1 heterocycles. The second-order valence-corrected chi connectivity index (χ2v) is 9.08. The van der Waals surface area contributed by atoms with Crippen molar-refractivity contribution in [1.29, 1.82) is 0 Å². The van der Waals surface area contributed by atoms with Crippen molar-refractivity contribution >= 4 is 34.8 Å². The number of para-hydroxylation sites is 1. The van der Waals surface area contributed by atoms with Gasteiger partial charge in [-0.05, 0) is 43.2 Å². The van der Waals surface area contributed by atoms with Gasteiger partial charge in [0.25, 0.3) is 5.91 Å². The number of hydrogen-bond acceptors (Lipinski definition) is 5. The minimum absolute atomic E-state index is 0.00598. The van der Waals surface area contributed by atoms with Crippen LogP contribution in [0.25, 0.3) is 0 Å². The number of halogens is 1. The number of anilines is 1. The van der Waals surface area contributed by atoms with E-state index in [1.54, 1.807) is 30.3 Å². The van der Waals surface area contributed by atoms with Crippen LogP contribution in [0.4, 0.5) is 5.69 Å². The molecule has 1 aliphatic heterocycles. The lowest BCUT2D eigenvalue weighted by Gasteiger charge is -2.36. The Hall–Kier alpha value is -3.38. The van der Waals surface area contributed by atoms with Crippen LogP contribution >= 0.6 is 11.6 Å². The maximum atomic E-state index is 13.0. The van der Waals surface area contributed by atoms with Gasteiger partial charge in [0.1, 0.15) is 17.3 Å². The second-order valence-electron chi connectivity index (χ2n) is 8.64. The molecule has 7 heteroatoms. The zero-order valence-electron chi connectivity index (χ0n) is 18.6. The average molecular weight is 478 g/mol. The predicted molar refractivity (Wildman–Crippen MR) is 128 cm³/mol. The summed E-state index contributed by atoms with van der Waals surface area (Å²) in [4.78, 5) is 38.5. The molecule has 1 amide bonds. The van der Waals surface area contributed by atoms with Crippen molar-refractivity contribution in [3.8, 4) is 5.75 Å². The van der Waals surface area contributed by atoms with Gasteiger partial charge in [0.15, 0.2) is 18.2 Å². The van der Waals surface area contributed by atoms with Gasteiger partial charge in [-0.1, -0.05) is 29.8 Å². The quantitative estimate of drug-likeness (QED) is 0.616. The first-order valence-corrected chi connectivity index (χ1v) is 11.9. The van der Waals surface area contributed by atoms with Crippen molar-refractivity contribution in [3.63, 3.8) is 0 Å². The van der Waals surface area contributed by atoms with Gasteiger partial charge in [-0.15, -0.1) is 0 Å². The lowest BCUT2D eigenvalue weighted by molar-refractivity contribution is -0.119. The van der Waals surface area contributed by atoms with Gasteiger partial charge in [0.05, 0.1) is 5.92 Å². The molecule has 0 saturated heterocycles. The van der Waals surface area contributed by atoms with Crippen LogP contribution in [0.15, 0.2) is 71.2 Å². The molecule has 6 nitrogen and oxygen atoms in total. The average Bonchev–Trinajstić information content (AvgIpc) is 2.83. The minimum Gasteiger partial charge on any atom is -0.483 e. The molecule has 0 radical (unpaired) electrons. The van der Waals surface area contributed by atoms with E-state index in [0.717, 1.165) is 12.8 Å². The third-order valence-corrected chi connectivity index (χ3v) is 6.61. The van der Waals surface area contributed by atoms with E-state index in [0.29, 0.717) is 70.4 Å². The number of Topliss-reactive ketones (excluding diaryl/α,β-unsaturated/α-hetero) is 2. The van der Waals surface area contributed by atoms with E-state index in [1.807, 2.05) is 18.2 Å². The van der Waals surface area contributed by atoms with E-state index in [-0.39, 0.29) is 24.1 Å². The largest absolute Gasteiger partial charge is 0.483 e. The molecule has 3 aliphatic rings. The summed E-state index contributed by atoms with van der Waals surface area (Å²) in [6.45, 7) is -0.220. The number of nitrogens with one attached hydrogen (secondary N) is 1. The van der Waals surface area contributed by atoms with Gasteiger partial charge >= 0.3 is 0 Å². The maximum absolute atomic E-state index is 13.0. The van der Waals surface area contributed by atoms with Crippen LogP contribution in [-0.4, -0.2) is 24.1 Å². The third kappa shape index (κ3) is 4.38. The molecule has 0 unspecified atom stereocenters. The molecule has 1 N–H and O–H groups in total. The van der Waals surface area contributed by atoms with Crippen molar-refractivity contribution in [2.75, 3.05) is 11.9 Å². The normalized spacial score (nSPS) is 18.3. The van der Waals surface area contributed by atoms with Gasteiger partial charge < -0.3 is 14.8 Å². The van der Waals surface area contributed by atoms with Crippen LogP contribution in [0, 0.1) is 0 Å². The highest BCUT2D eigenvalue weighted by Crippen LogP contribution is 2.49. The van der Waals surface area contributed by atoms with Crippen molar-refractivity contribution in [3.05, 3.63) is 81.8 Å². The highest BCUT2D eigenvalue weighted by molar-refractivity contribution is 6.30. The highest BCUT2D eigenvalue weighted by Gasteiger charge is 2.42. The van der Waals surface area contributed by atoms with Crippen LogP contribution < -0.4 is 10.1 Å². The molecule has 0 saturated carbocycles. The number of rotatable bonds is 5. The number of hydrogen-bond donors (Lipinski definition) is 1. The topological polar surface area (TPSA) is 81.7 Å². The number of carbonyl (C=O) groups is 3. The first-order valence-electron chi connectivity index (χ1n) is 11.5. The third-order valence-electron chi connectivity index (χ3n) is 6.36. The van der Waals surface area contributed by atoms with E-state index in [1.165, 1.54) is 0 Å². The summed E-state index contributed by atoms with van der Waals surface area (Å²) in [5, 5.41) is 3.35. The van der Waals surface area contributed by atoms with Gasteiger partial charge in [0.2, 0.25) is 0 Å². The number of ketones is 2. The predicted octanol–water partition coefficient (Wildman–Crippen LogP) is 5.49. The fourth-order valence-corrected chi connectivity index (χ4v) is 4.98. The lowest BCUT2D eigenvalue weighted by Crippen LogP contribution is -2.30. The molecule has 2 aromatic rings. The standard InChI is InChI=1S/C27H24ClNO5/c28-16-11-13-17(14-12-16)29-24(32)15-33-21-8-2-1-5-18(21)25-26-19(30)6-3-9-22(26)34-23-10-4-7-20(31)27(23)25/h1-2,5,8,11-14,25H,3-4,6-7,9-10,15H2,(H,29,32). The van der Waals surface area contributed by atoms with Gasteiger partial charge in [0, 0.05) is 53.1 Å². The molecule has 2 aliphatic carbocycles. The molecule has 174 valence electrons. The summed E-state index contributed by atoms with van der Waals surface area (Å²) in [6.07, 6.45) is 3.70. The first-order chi connectivity index (χ1) is 16.5. The lowest BCUT2D eigenvalue weighted by atomic mass is 9.73. The summed E-state index contributed by atoms with van der Waals surface area (Å²) < 4.78 is 12.0. The van der Waals surface area contributed by atoms with Crippen molar-refractivity contribution in [1.82, 2.24) is 0 Å². The Bertz CT molecular complexity index is 1190. The molecular formula is C27H24ClNO5. The molecule has 0 bridgehead atoms. The SMILES string of the molecule is O=C(COc1ccccc1C1C2=C(CCCC2=O)OC2=C1C(=O)CCC2)Nc1ccc(Cl)cc1. The molecule has 0 atom stereocenters. The highest BCUT2D eigenvalue weighted by atomic mass is 35.5. The van der Waals surface area contributed by atoms with Gasteiger partial charge in [-0.3, -0.25) is 14.4 Å². The molecule has 0 spiro atoms. The summed E-state index contributed by atoms with van der Waals surface area (Å²) in [5.41, 5.74) is 2.43. The van der Waals surface area contributed by atoms with Crippen LogP contribution in [-0.2, 0) is 19.1 Å². The molecule has 34 heavy (non-hydrogen) atoms. The zero-order valence-corrected chi connectivity index (χ0v) is 19.3. The Kier molecular flexibility index (Phi) is 6.24. The Balaban J connectivity index is 1.45. The summed E-state index contributed by atoms with van der Waals surface area (Å²) in [5.74, 6) is 0.963. The Morgan fingerprint density at radius 3 is 2.18 bits per heavy atom. The van der Waals surface area contributed by atoms with Crippen LogP contribution in [0.2, 0.25) is 5.02 Å². The monoisotopic (exact) mass is 477 g/mol. The summed E-state index contributed by atoms with van der Waals surface area (Å²) in [7, 11) is 0. The van der Waals surface area contributed by atoms with E-state index in [9.17, 15) is 14.4 Å². The van der Waals surface area contributed by atoms with E-state index < -0.39 is 5.92 Å². The van der Waals surface area contributed by atoms with Crippen LogP contribution in [0.5, 0.6) is 5.75 Å². The molecule has 0 aromatic heterocycles. The summed E-state index contributed by atoms with van der Waals surface area (Å²) in [6, 6.07) is 14.1. The first kappa shape index (κ1) is 22.4. The van der Waals surface area contributed by atoms with E-state index in [4.69, 9.17) is 21.1 Å². The molecular weight excluding hydrogens is 454 g/mol. The molecule has 0 fully saturated rings. The van der Waals surface area contributed by atoms with Crippen molar-refractivity contribution in [2.45, 2.75) is 44.4 Å². The van der Waals surface area contributed by atoms with Gasteiger partial charge in [-0.25, -0.2) is 0 Å². The maximum Gasteiger partial charge on any atom is 0.262 e. The van der Waals surface area contributed by atoms with Gasteiger partial charge in [-0.2, -0.15) is 0 Å². The van der Waals surface area contributed by atoms with Crippen molar-refractivity contribution in [2.24, 2.45) is 0 Å². The number of carbonyl (C=O) groups excluding carboxylic acids is 3. The number of allylic oxidation sites excluding steroid dienone is 4. The molecule has 5 rings (SSSR count). The molecule has 2 aromatic carbocycles. The number of benzene rings is 2. The second kappa shape index (κ2) is 9.47. The Morgan fingerprint density at radius 2 is 1.53 bits per heavy atom. The van der Waals surface area contributed by atoms with Crippen molar-refractivity contribution < 1.29 is 23.9 Å². The number of ether oxygens (including phenoxy) is 2. The number of amides is 1.